The van der Waals surface area contributed by atoms with Gasteiger partial charge in [-0.1, -0.05) is 0 Å². The Bertz CT molecular complexity index is 682. The monoisotopic (exact) mass is 395 g/mol. The van der Waals surface area contributed by atoms with Crippen LogP contribution in [0.2, 0.25) is 0 Å². The number of carbonyl (C=O) groups excluding carboxylic acids is 2. The van der Waals surface area contributed by atoms with Crippen LogP contribution < -0.4 is 5.32 Å². The lowest BCUT2D eigenvalue weighted by Gasteiger charge is -2.26. The lowest BCUT2D eigenvalue weighted by Crippen LogP contribution is -2.57. The van der Waals surface area contributed by atoms with Crippen molar-refractivity contribution in [2.24, 2.45) is 0 Å². The van der Waals surface area contributed by atoms with Crippen molar-refractivity contribution in [3.8, 4) is 0 Å². The van der Waals surface area contributed by atoms with E-state index < -0.39 is 34.9 Å². The molecule has 1 amide bonds. The van der Waals surface area contributed by atoms with Crippen molar-refractivity contribution in [3.63, 3.8) is 0 Å². The number of thiophene rings is 1. The average molecular weight is 395 g/mol. The van der Waals surface area contributed by atoms with Gasteiger partial charge < -0.3 is 10.1 Å². The summed E-state index contributed by atoms with van der Waals surface area (Å²) in [7, 11) is 0. The molecule has 1 heterocycles. The molecule has 0 fully saturated rings. The lowest BCUT2D eigenvalue weighted by atomic mass is 10.1. The molecule has 0 aliphatic carbocycles. The molecule has 12 heteroatoms. The predicted octanol–water partition coefficient (Wildman–Crippen LogP) is 4.31. The number of aryl methyl sites for hydroxylation is 1. The zero-order valence-electron chi connectivity index (χ0n) is 13.0. The summed E-state index contributed by atoms with van der Waals surface area (Å²) in [4.78, 5) is 23.5. The Hall–Kier alpha value is -1.85. The molecule has 0 bridgehead atoms. The molecule has 0 spiro atoms. The summed E-state index contributed by atoms with van der Waals surface area (Å²) in [5.41, 5.74) is -0.173. The highest BCUT2D eigenvalue weighted by Gasteiger charge is 2.76. The van der Waals surface area contributed by atoms with Crippen LogP contribution >= 0.6 is 11.3 Å². The van der Waals surface area contributed by atoms with Crippen molar-refractivity contribution < 1.29 is 45.1 Å². The van der Waals surface area contributed by atoms with Crippen LogP contribution in [0.15, 0.2) is 0 Å². The minimum atomic E-state index is -6.64. The molecule has 1 aromatic heterocycles. The maximum atomic E-state index is 13.4. The molecule has 0 unspecified atom stereocenters. The molecule has 1 aromatic rings. The number of anilines is 1. The van der Waals surface area contributed by atoms with E-state index in [9.17, 15) is 40.3 Å². The molecule has 0 atom stereocenters. The first-order chi connectivity index (χ1) is 11.2. The molecular formula is C13H12F7NO3S. The first-order valence-electron chi connectivity index (χ1n) is 6.59. The SMILES string of the molecule is CCOC(=O)c1c(NC(=O)C(F)(F)C(F)(F)C(F)(F)F)sc(C)c1C. The number of hydrogen-bond donors (Lipinski definition) is 1. The van der Waals surface area contributed by atoms with E-state index >= 15 is 0 Å². The first kappa shape index (κ1) is 21.2. The Morgan fingerprint density at radius 3 is 2.04 bits per heavy atom. The Kier molecular flexibility index (Phi) is 5.77. The molecule has 0 saturated heterocycles. The van der Waals surface area contributed by atoms with Gasteiger partial charge in [0.2, 0.25) is 0 Å². The number of rotatable bonds is 5. The maximum absolute atomic E-state index is 13.4. The van der Waals surface area contributed by atoms with E-state index in [-0.39, 0.29) is 17.7 Å². The number of halogens is 7. The number of hydrogen-bond acceptors (Lipinski definition) is 4. The summed E-state index contributed by atoms with van der Waals surface area (Å²) in [6, 6.07) is 0. The van der Waals surface area contributed by atoms with Crippen LogP contribution in [0.3, 0.4) is 0 Å². The number of alkyl halides is 7. The van der Waals surface area contributed by atoms with Gasteiger partial charge in [0.1, 0.15) is 5.00 Å². The van der Waals surface area contributed by atoms with E-state index in [1.165, 1.54) is 26.1 Å². The molecule has 0 aliphatic rings. The highest BCUT2D eigenvalue weighted by molar-refractivity contribution is 7.16. The minimum absolute atomic E-state index is 0.108. The second kappa shape index (κ2) is 6.81. The first-order valence-corrected chi connectivity index (χ1v) is 7.41. The topological polar surface area (TPSA) is 55.4 Å². The third kappa shape index (κ3) is 3.72. The molecule has 4 nitrogen and oxygen atoms in total. The summed E-state index contributed by atoms with van der Waals surface area (Å²) in [5.74, 6) is -16.6. The van der Waals surface area contributed by atoms with E-state index in [0.717, 1.165) is 0 Å². The van der Waals surface area contributed by atoms with Gasteiger partial charge in [-0.05, 0) is 26.3 Å². The van der Waals surface area contributed by atoms with Gasteiger partial charge >= 0.3 is 29.9 Å². The number of amides is 1. The average Bonchev–Trinajstić information content (AvgIpc) is 2.72. The number of nitrogens with one attached hydrogen (secondary N) is 1. The normalized spacial score (nSPS) is 12.9. The molecule has 1 rings (SSSR count). The van der Waals surface area contributed by atoms with Crippen molar-refractivity contribution in [1.29, 1.82) is 0 Å². The third-order valence-corrected chi connectivity index (χ3v) is 4.25. The predicted molar refractivity (Wildman–Crippen MR) is 74.3 cm³/mol. The molecular weight excluding hydrogens is 383 g/mol. The van der Waals surface area contributed by atoms with E-state index in [1.807, 2.05) is 0 Å². The van der Waals surface area contributed by atoms with Gasteiger partial charge in [0.05, 0.1) is 12.2 Å². The fourth-order valence-corrected chi connectivity index (χ4v) is 2.71. The largest absolute Gasteiger partial charge is 0.462 e. The van der Waals surface area contributed by atoms with Crippen LogP contribution in [0.5, 0.6) is 0 Å². The summed E-state index contributed by atoms with van der Waals surface area (Å²) in [6.07, 6.45) is -6.64. The summed E-state index contributed by atoms with van der Waals surface area (Å²) in [5, 5.41) is 0.678. The molecule has 0 aromatic carbocycles. The smallest absolute Gasteiger partial charge is 0.460 e. The Morgan fingerprint density at radius 1 is 1.08 bits per heavy atom. The maximum Gasteiger partial charge on any atom is 0.460 e. The fourth-order valence-electron chi connectivity index (χ4n) is 1.67. The van der Waals surface area contributed by atoms with E-state index in [0.29, 0.717) is 16.2 Å². The van der Waals surface area contributed by atoms with Crippen molar-refractivity contribution in [3.05, 3.63) is 16.0 Å². The zero-order valence-corrected chi connectivity index (χ0v) is 13.8. The van der Waals surface area contributed by atoms with Crippen LogP contribution in [-0.2, 0) is 9.53 Å². The summed E-state index contributed by atoms with van der Waals surface area (Å²) in [6.45, 7) is 4.13. The van der Waals surface area contributed by atoms with Crippen molar-refractivity contribution in [2.45, 2.75) is 38.8 Å². The molecule has 25 heavy (non-hydrogen) atoms. The Balaban J connectivity index is 3.25. The molecule has 0 aliphatic heterocycles. The van der Waals surface area contributed by atoms with Crippen LogP contribution in [0.25, 0.3) is 0 Å². The molecule has 0 saturated carbocycles. The van der Waals surface area contributed by atoms with Crippen LogP contribution in [0.1, 0.15) is 27.7 Å². The highest BCUT2D eigenvalue weighted by atomic mass is 32.1. The molecule has 1 N–H and O–H groups in total. The lowest BCUT2D eigenvalue weighted by molar-refractivity contribution is -0.343. The summed E-state index contributed by atoms with van der Waals surface area (Å²) >= 11 is 0.565. The summed E-state index contributed by atoms with van der Waals surface area (Å²) < 4.78 is 93.6. The minimum Gasteiger partial charge on any atom is -0.462 e. The van der Waals surface area contributed by atoms with Gasteiger partial charge in [0, 0.05) is 4.88 Å². The molecule has 0 radical (unpaired) electrons. The second-order valence-electron chi connectivity index (χ2n) is 4.81. The Labute approximate surface area is 141 Å². The van der Waals surface area contributed by atoms with Crippen LogP contribution in [0, 0.1) is 13.8 Å². The Morgan fingerprint density at radius 2 is 1.60 bits per heavy atom. The number of esters is 1. The molecule has 142 valence electrons. The third-order valence-electron chi connectivity index (χ3n) is 3.13. The van der Waals surface area contributed by atoms with E-state index in [1.54, 1.807) is 0 Å². The number of carbonyl (C=O) groups is 2. The van der Waals surface area contributed by atoms with Gasteiger partial charge in [-0.25, -0.2) is 4.79 Å². The van der Waals surface area contributed by atoms with Gasteiger partial charge in [-0.2, -0.15) is 30.7 Å². The second-order valence-corrected chi connectivity index (χ2v) is 6.03. The van der Waals surface area contributed by atoms with Gasteiger partial charge in [0.25, 0.3) is 0 Å². The quantitative estimate of drug-likeness (QED) is 0.597. The fraction of sp³-hybridized carbons (Fsp3) is 0.538. The van der Waals surface area contributed by atoms with Crippen molar-refractivity contribution in [1.82, 2.24) is 0 Å². The van der Waals surface area contributed by atoms with Crippen molar-refractivity contribution >= 4 is 28.2 Å². The standard InChI is InChI=1S/C13H12F7NO3S/c1-4-24-9(22)7-5(2)6(3)25-8(7)21-10(23)11(14,15)12(16,17)13(18,19)20/h4H2,1-3H3,(H,21,23). The van der Waals surface area contributed by atoms with Crippen molar-refractivity contribution in [2.75, 3.05) is 11.9 Å². The van der Waals surface area contributed by atoms with Crippen LogP contribution in [0.4, 0.5) is 35.7 Å². The van der Waals surface area contributed by atoms with E-state index in [2.05, 4.69) is 4.74 Å². The van der Waals surface area contributed by atoms with Crippen LogP contribution in [-0.4, -0.2) is 36.5 Å². The van der Waals surface area contributed by atoms with E-state index in [4.69, 9.17) is 0 Å². The zero-order chi connectivity index (χ0) is 19.8. The highest BCUT2D eigenvalue weighted by Crippen LogP contribution is 2.47. The van der Waals surface area contributed by atoms with Gasteiger partial charge in [-0.15, -0.1) is 11.3 Å². The number of ether oxygens (including phenoxy) is 1. The van der Waals surface area contributed by atoms with Gasteiger partial charge in [-0.3, -0.25) is 4.79 Å². The van der Waals surface area contributed by atoms with Gasteiger partial charge in [0.15, 0.2) is 0 Å².